The Morgan fingerprint density at radius 1 is 1.17 bits per heavy atom. The molecule has 0 atom stereocenters. The quantitative estimate of drug-likeness (QED) is 0.582. The largest absolute Gasteiger partial charge is 0.417 e. The lowest BCUT2D eigenvalue weighted by atomic mass is 9.75. The molecule has 10 heteroatoms. The van der Waals surface area contributed by atoms with Crippen LogP contribution in [0.3, 0.4) is 0 Å². The Kier molecular flexibility index (Phi) is 6.56. The summed E-state index contributed by atoms with van der Waals surface area (Å²) in [5, 5.41) is 11.8. The number of amides is 2. The van der Waals surface area contributed by atoms with Gasteiger partial charge in [-0.1, -0.05) is 12.1 Å². The summed E-state index contributed by atoms with van der Waals surface area (Å²) < 4.78 is 40.6. The molecule has 0 bridgehead atoms. The molecule has 2 fully saturated rings. The number of carbonyl (C=O) groups is 2. The number of alkyl halides is 3. The van der Waals surface area contributed by atoms with Crippen LogP contribution in [-0.4, -0.2) is 29.5 Å². The van der Waals surface area contributed by atoms with Gasteiger partial charge in [-0.15, -0.1) is 0 Å². The van der Waals surface area contributed by atoms with Gasteiger partial charge in [-0.2, -0.15) is 18.4 Å². The molecular weight excluding hydrogens is 477 g/mol. The van der Waals surface area contributed by atoms with Crippen molar-refractivity contribution in [2.45, 2.75) is 50.2 Å². The molecule has 0 unspecified atom stereocenters. The summed E-state index contributed by atoms with van der Waals surface area (Å²) in [7, 11) is 1.60. The minimum Gasteiger partial charge on any atom is -0.359 e. The van der Waals surface area contributed by atoms with Gasteiger partial charge >= 0.3 is 6.18 Å². The van der Waals surface area contributed by atoms with E-state index >= 15 is 0 Å². The molecule has 1 heterocycles. The highest BCUT2D eigenvalue weighted by Crippen LogP contribution is 2.48. The maximum Gasteiger partial charge on any atom is 0.417 e. The number of benzene rings is 2. The van der Waals surface area contributed by atoms with Crippen molar-refractivity contribution < 1.29 is 22.8 Å². The molecule has 4 rings (SSSR count). The highest BCUT2D eigenvalue weighted by molar-refractivity contribution is 7.81. The lowest BCUT2D eigenvalue weighted by Crippen LogP contribution is -2.55. The number of rotatable bonds is 6. The Labute approximate surface area is 206 Å². The average Bonchev–Trinajstić information content (AvgIpc) is 3.05. The fourth-order valence-electron chi connectivity index (χ4n) is 4.60. The number of thiocarbonyl (C=S) groups is 1. The molecule has 1 saturated heterocycles. The second kappa shape index (κ2) is 9.30. The molecule has 2 aromatic rings. The third-order valence-electron chi connectivity index (χ3n) is 6.62. The van der Waals surface area contributed by atoms with Gasteiger partial charge in [0.2, 0.25) is 5.91 Å². The first-order valence-electron chi connectivity index (χ1n) is 11.2. The second-order valence-corrected chi connectivity index (χ2v) is 9.04. The number of anilines is 2. The number of hydrogen-bond donors (Lipinski definition) is 1. The van der Waals surface area contributed by atoms with E-state index in [1.165, 1.54) is 6.07 Å². The van der Waals surface area contributed by atoms with Crippen molar-refractivity contribution >= 4 is 40.5 Å². The molecule has 1 aliphatic carbocycles. The predicted molar refractivity (Wildman–Crippen MR) is 129 cm³/mol. The van der Waals surface area contributed by atoms with Crippen molar-refractivity contribution in [2.75, 3.05) is 16.8 Å². The van der Waals surface area contributed by atoms with E-state index in [2.05, 4.69) is 5.32 Å². The molecule has 35 heavy (non-hydrogen) atoms. The van der Waals surface area contributed by atoms with Crippen LogP contribution in [0, 0.1) is 11.3 Å². The van der Waals surface area contributed by atoms with Crippen molar-refractivity contribution in [1.82, 2.24) is 5.32 Å². The normalized spacial score (nSPS) is 16.9. The van der Waals surface area contributed by atoms with E-state index in [0.29, 0.717) is 37.8 Å². The van der Waals surface area contributed by atoms with E-state index in [1.54, 1.807) is 18.0 Å². The lowest BCUT2D eigenvalue weighted by Gasteiger charge is -2.43. The molecule has 1 spiro atoms. The Hall–Kier alpha value is -3.45. The third kappa shape index (κ3) is 4.36. The van der Waals surface area contributed by atoms with Gasteiger partial charge in [0.1, 0.15) is 5.54 Å². The van der Waals surface area contributed by atoms with Crippen LogP contribution in [0.5, 0.6) is 0 Å². The maximum atomic E-state index is 13.5. The van der Waals surface area contributed by atoms with Gasteiger partial charge in [0.25, 0.3) is 5.91 Å². The topological polar surface area (TPSA) is 76.4 Å². The Morgan fingerprint density at radius 2 is 1.83 bits per heavy atom. The number of hydrogen-bond acceptors (Lipinski definition) is 4. The number of halogens is 3. The van der Waals surface area contributed by atoms with Gasteiger partial charge in [-0.05, 0) is 80.2 Å². The smallest absolute Gasteiger partial charge is 0.359 e. The van der Waals surface area contributed by atoms with Crippen LogP contribution in [0.4, 0.5) is 24.5 Å². The molecule has 0 aromatic heterocycles. The standard InChI is InChI=1S/C25H23F3N4O2S/c1-30-21(33)5-2-4-16-6-9-18(10-7-16)32-23(35)31(22(34)24(32)12-3-13-24)19-11-8-17(15-29)20(14-19)25(26,27)28/h6-11,14H,2-5,12-13H2,1H3,(H,30,33). The van der Waals surface area contributed by atoms with Crippen LogP contribution < -0.4 is 15.1 Å². The molecule has 0 radical (unpaired) electrons. The van der Waals surface area contributed by atoms with Crippen LogP contribution in [0.1, 0.15) is 48.8 Å². The van der Waals surface area contributed by atoms with Crippen molar-refractivity contribution in [2.24, 2.45) is 0 Å². The molecule has 6 nitrogen and oxygen atoms in total. The minimum atomic E-state index is -4.74. The minimum absolute atomic E-state index is 0.00841. The van der Waals surface area contributed by atoms with E-state index in [-0.39, 0.29) is 22.6 Å². The van der Waals surface area contributed by atoms with Gasteiger partial charge in [-0.3, -0.25) is 14.5 Å². The van der Waals surface area contributed by atoms with Crippen molar-refractivity contribution in [3.05, 3.63) is 59.2 Å². The first-order chi connectivity index (χ1) is 16.6. The summed E-state index contributed by atoms with van der Waals surface area (Å²) >= 11 is 5.64. The molecular formula is C25H23F3N4O2S. The monoisotopic (exact) mass is 500 g/mol. The number of carbonyl (C=O) groups excluding carboxylic acids is 2. The SMILES string of the molecule is CNC(=O)CCCc1ccc(N2C(=S)N(c3ccc(C#N)c(C(F)(F)F)c3)C(=O)C23CCC3)cc1. The fraction of sp³-hybridized carbons (Fsp3) is 0.360. The summed E-state index contributed by atoms with van der Waals surface area (Å²) in [6.07, 6.45) is -1.04. The first-order valence-corrected chi connectivity index (χ1v) is 11.6. The van der Waals surface area contributed by atoms with E-state index in [4.69, 9.17) is 17.5 Å². The molecule has 2 amide bonds. The molecule has 1 saturated carbocycles. The molecule has 182 valence electrons. The van der Waals surface area contributed by atoms with E-state index in [9.17, 15) is 22.8 Å². The lowest BCUT2D eigenvalue weighted by molar-refractivity contribution is -0.137. The zero-order valence-corrected chi connectivity index (χ0v) is 19.8. The average molecular weight is 501 g/mol. The Balaban J connectivity index is 1.64. The zero-order chi connectivity index (χ0) is 25.4. The van der Waals surface area contributed by atoms with E-state index in [1.807, 2.05) is 24.3 Å². The number of aryl methyl sites for hydroxylation is 1. The van der Waals surface area contributed by atoms with E-state index in [0.717, 1.165) is 29.0 Å². The van der Waals surface area contributed by atoms with Gasteiger partial charge in [0, 0.05) is 19.2 Å². The van der Waals surface area contributed by atoms with Crippen LogP contribution in [0.25, 0.3) is 0 Å². The summed E-state index contributed by atoms with van der Waals surface area (Å²) in [6.45, 7) is 0. The Bertz CT molecular complexity index is 1220. The summed E-state index contributed by atoms with van der Waals surface area (Å²) in [5.41, 5.74) is -0.840. The maximum absolute atomic E-state index is 13.5. The first kappa shape index (κ1) is 24.7. The highest BCUT2D eigenvalue weighted by atomic mass is 32.1. The molecule has 1 N–H and O–H groups in total. The fourth-order valence-corrected chi connectivity index (χ4v) is 5.07. The van der Waals surface area contributed by atoms with Crippen molar-refractivity contribution in [3.8, 4) is 6.07 Å². The van der Waals surface area contributed by atoms with Crippen molar-refractivity contribution in [3.63, 3.8) is 0 Å². The molecule has 2 aliphatic rings. The summed E-state index contributed by atoms with van der Waals surface area (Å²) in [6, 6.07) is 12.3. The van der Waals surface area contributed by atoms with Crippen LogP contribution in [0.15, 0.2) is 42.5 Å². The van der Waals surface area contributed by atoms with E-state index < -0.39 is 22.8 Å². The van der Waals surface area contributed by atoms with Gasteiger partial charge in [0.15, 0.2) is 5.11 Å². The zero-order valence-electron chi connectivity index (χ0n) is 19.0. The van der Waals surface area contributed by atoms with Gasteiger partial charge in [-0.25, -0.2) is 0 Å². The Morgan fingerprint density at radius 3 is 2.37 bits per heavy atom. The number of nitrogens with one attached hydrogen (secondary N) is 1. The van der Waals surface area contributed by atoms with Crippen LogP contribution in [0.2, 0.25) is 0 Å². The van der Waals surface area contributed by atoms with Crippen molar-refractivity contribution in [1.29, 1.82) is 5.26 Å². The van der Waals surface area contributed by atoms with Crippen LogP contribution in [-0.2, 0) is 22.2 Å². The molecule has 2 aromatic carbocycles. The third-order valence-corrected chi connectivity index (χ3v) is 6.99. The summed E-state index contributed by atoms with van der Waals surface area (Å²) in [4.78, 5) is 27.9. The van der Waals surface area contributed by atoms with Gasteiger partial charge < -0.3 is 10.2 Å². The second-order valence-electron chi connectivity index (χ2n) is 8.68. The number of nitriles is 1. The van der Waals surface area contributed by atoms with Crippen LogP contribution >= 0.6 is 12.2 Å². The summed E-state index contributed by atoms with van der Waals surface area (Å²) in [5.74, 6) is -0.382. The highest BCUT2D eigenvalue weighted by Gasteiger charge is 2.59. The predicted octanol–water partition coefficient (Wildman–Crippen LogP) is 4.71. The van der Waals surface area contributed by atoms with Gasteiger partial charge in [0.05, 0.1) is 22.9 Å². The molecule has 1 aliphatic heterocycles. The number of nitrogens with zero attached hydrogens (tertiary/aromatic N) is 3.